The molecule has 0 amide bonds. The van der Waals surface area contributed by atoms with Gasteiger partial charge in [-0.15, -0.1) is 0 Å². The van der Waals surface area contributed by atoms with Gasteiger partial charge in [-0.3, -0.25) is 0 Å². The van der Waals surface area contributed by atoms with Crippen LogP contribution in [0.5, 0.6) is 0 Å². The van der Waals surface area contributed by atoms with Gasteiger partial charge in [0.2, 0.25) is 0 Å². The minimum atomic E-state index is -0.310. The van der Waals surface area contributed by atoms with Crippen LogP contribution in [0.4, 0.5) is 4.39 Å². The van der Waals surface area contributed by atoms with Crippen molar-refractivity contribution < 1.29 is 4.39 Å². The molecule has 16 heavy (non-hydrogen) atoms. The van der Waals surface area contributed by atoms with Crippen molar-refractivity contribution in [3.63, 3.8) is 0 Å². The van der Waals surface area contributed by atoms with Crippen molar-refractivity contribution in [3.8, 4) is 0 Å². The molecule has 84 valence electrons. The fraction of sp³-hybridized carbons (Fsp3) is 0.417. The quantitative estimate of drug-likeness (QED) is 0.774. The Bertz CT molecular complexity index is 526. The summed E-state index contributed by atoms with van der Waals surface area (Å²) < 4.78 is 13.0. The van der Waals surface area contributed by atoms with Crippen molar-refractivity contribution in [1.29, 1.82) is 0 Å². The highest BCUT2D eigenvalue weighted by atomic mass is 19.1. The molecule has 3 nitrogen and oxygen atoms in total. The molecule has 3 N–H and O–H groups in total. The van der Waals surface area contributed by atoms with E-state index in [1.807, 2.05) is 6.07 Å². The summed E-state index contributed by atoms with van der Waals surface area (Å²) in [6.45, 7) is 0. The number of aromatic nitrogens is 2. The van der Waals surface area contributed by atoms with Crippen molar-refractivity contribution in [2.24, 2.45) is 5.73 Å². The van der Waals surface area contributed by atoms with Crippen LogP contribution < -0.4 is 5.73 Å². The van der Waals surface area contributed by atoms with Crippen molar-refractivity contribution in [2.45, 2.75) is 31.2 Å². The van der Waals surface area contributed by atoms with E-state index in [1.54, 1.807) is 0 Å². The number of hydrogen-bond donors (Lipinski definition) is 2. The maximum atomic E-state index is 13.0. The van der Waals surface area contributed by atoms with Crippen LogP contribution in [0.2, 0.25) is 0 Å². The van der Waals surface area contributed by atoms with Gasteiger partial charge in [0.25, 0.3) is 0 Å². The van der Waals surface area contributed by atoms with Gasteiger partial charge >= 0.3 is 0 Å². The van der Waals surface area contributed by atoms with Crippen LogP contribution in [-0.4, -0.2) is 9.97 Å². The van der Waals surface area contributed by atoms with E-state index in [9.17, 15) is 4.39 Å². The van der Waals surface area contributed by atoms with Crippen molar-refractivity contribution in [1.82, 2.24) is 9.97 Å². The average molecular weight is 219 g/mol. The maximum absolute atomic E-state index is 13.0. The van der Waals surface area contributed by atoms with Crippen LogP contribution in [0.25, 0.3) is 11.0 Å². The first-order valence-corrected chi connectivity index (χ1v) is 5.61. The first kappa shape index (κ1) is 9.78. The number of nitrogens with zero attached hydrogens (tertiary/aromatic N) is 1. The Morgan fingerprint density at radius 2 is 2.06 bits per heavy atom. The molecule has 2 aromatic heterocycles. The van der Waals surface area contributed by atoms with Crippen molar-refractivity contribution >= 4 is 11.0 Å². The van der Waals surface area contributed by atoms with Crippen LogP contribution >= 0.6 is 0 Å². The third-order valence-electron chi connectivity index (χ3n) is 3.47. The van der Waals surface area contributed by atoms with Gasteiger partial charge in [-0.2, -0.15) is 0 Å². The van der Waals surface area contributed by atoms with Gasteiger partial charge in [0.1, 0.15) is 11.5 Å². The zero-order chi connectivity index (χ0) is 11.2. The first-order valence-electron chi connectivity index (χ1n) is 5.61. The van der Waals surface area contributed by atoms with E-state index in [1.165, 1.54) is 12.3 Å². The third-order valence-corrected chi connectivity index (χ3v) is 3.47. The van der Waals surface area contributed by atoms with E-state index < -0.39 is 0 Å². The van der Waals surface area contributed by atoms with E-state index in [0.29, 0.717) is 5.65 Å². The molecule has 1 aliphatic rings. The summed E-state index contributed by atoms with van der Waals surface area (Å²) in [7, 11) is 0. The summed E-state index contributed by atoms with van der Waals surface area (Å²) in [4.78, 5) is 7.22. The molecule has 0 radical (unpaired) electrons. The molecule has 0 bridgehead atoms. The summed E-state index contributed by atoms with van der Waals surface area (Å²) in [5.41, 5.74) is 7.76. The molecule has 0 atom stereocenters. The summed E-state index contributed by atoms with van der Waals surface area (Å²) in [5.74, 6) is -0.310. The fourth-order valence-electron chi connectivity index (χ4n) is 2.53. The van der Waals surface area contributed by atoms with E-state index in [-0.39, 0.29) is 11.4 Å². The van der Waals surface area contributed by atoms with Gasteiger partial charge in [0.15, 0.2) is 0 Å². The van der Waals surface area contributed by atoms with Gasteiger partial charge in [-0.1, -0.05) is 12.8 Å². The minimum Gasteiger partial charge on any atom is -0.342 e. The monoisotopic (exact) mass is 219 g/mol. The number of rotatable bonds is 1. The maximum Gasteiger partial charge on any atom is 0.142 e. The first-order chi connectivity index (χ1) is 7.67. The molecule has 0 spiro atoms. The van der Waals surface area contributed by atoms with E-state index in [0.717, 1.165) is 36.8 Å². The van der Waals surface area contributed by atoms with Gasteiger partial charge in [-0.05, 0) is 25.0 Å². The second kappa shape index (κ2) is 3.28. The van der Waals surface area contributed by atoms with E-state index in [2.05, 4.69) is 9.97 Å². The molecular formula is C12H14FN3. The molecule has 2 aromatic rings. The average Bonchev–Trinajstić information content (AvgIpc) is 2.84. The van der Waals surface area contributed by atoms with E-state index >= 15 is 0 Å². The number of nitrogens with one attached hydrogen (secondary N) is 1. The Balaban J connectivity index is 2.11. The highest BCUT2D eigenvalue weighted by molar-refractivity contribution is 5.76. The van der Waals surface area contributed by atoms with Crippen LogP contribution in [0.15, 0.2) is 18.3 Å². The molecule has 3 rings (SSSR count). The second-order valence-corrected chi connectivity index (χ2v) is 4.64. The van der Waals surface area contributed by atoms with Crippen molar-refractivity contribution in [2.75, 3.05) is 0 Å². The fourth-order valence-corrected chi connectivity index (χ4v) is 2.53. The third kappa shape index (κ3) is 1.41. The molecule has 1 fully saturated rings. The molecular weight excluding hydrogens is 205 g/mol. The molecule has 2 heterocycles. The lowest BCUT2D eigenvalue weighted by Crippen LogP contribution is -2.33. The molecule has 1 saturated carbocycles. The summed E-state index contributed by atoms with van der Waals surface area (Å²) >= 11 is 0. The summed E-state index contributed by atoms with van der Waals surface area (Å²) in [5, 5.41) is 0.798. The lowest BCUT2D eigenvalue weighted by Gasteiger charge is -2.21. The number of nitrogens with two attached hydrogens (primary N) is 1. The predicted molar refractivity (Wildman–Crippen MR) is 60.4 cm³/mol. The zero-order valence-corrected chi connectivity index (χ0v) is 8.96. The Hall–Kier alpha value is -1.42. The second-order valence-electron chi connectivity index (χ2n) is 4.64. The topological polar surface area (TPSA) is 54.7 Å². The normalized spacial score (nSPS) is 19.4. The number of H-pyrrole nitrogens is 1. The molecule has 0 aliphatic heterocycles. The standard InChI is InChI=1S/C12H14FN3/c13-9-5-8-6-10(16-11(8)15-7-9)12(14)3-1-2-4-12/h5-7H,1-4,14H2,(H,15,16). The largest absolute Gasteiger partial charge is 0.342 e. The van der Waals surface area contributed by atoms with Crippen LogP contribution in [-0.2, 0) is 5.54 Å². The minimum absolute atomic E-state index is 0.267. The summed E-state index contributed by atoms with van der Waals surface area (Å²) in [6, 6.07) is 3.41. The Kier molecular flexibility index (Phi) is 2.01. The zero-order valence-electron chi connectivity index (χ0n) is 8.96. The number of halogens is 1. The lowest BCUT2D eigenvalue weighted by atomic mass is 9.95. The van der Waals surface area contributed by atoms with Crippen molar-refractivity contribution in [3.05, 3.63) is 29.8 Å². The molecule has 0 unspecified atom stereocenters. The number of hydrogen-bond acceptors (Lipinski definition) is 2. The van der Waals surface area contributed by atoms with Gasteiger partial charge in [0.05, 0.1) is 11.7 Å². The van der Waals surface area contributed by atoms with E-state index in [4.69, 9.17) is 5.73 Å². The number of fused-ring (bicyclic) bond motifs is 1. The smallest absolute Gasteiger partial charge is 0.142 e. The predicted octanol–water partition coefficient (Wildman–Crippen LogP) is 2.43. The molecule has 0 saturated heterocycles. The SMILES string of the molecule is NC1(c2cc3cc(F)cnc3[nH]2)CCCC1. The molecule has 0 aromatic carbocycles. The number of aromatic amines is 1. The lowest BCUT2D eigenvalue weighted by molar-refractivity contribution is 0.450. The Morgan fingerprint density at radius 1 is 1.31 bits per heavy atom. The molecule has 4 heteroatoms. The van der Waals surface area contributed by atoms with Crippen LogP contribution in [0, 0.1) is 5.82 Å². The highest BCUT2D eigenvalue weighted by Crippen LogP contribution is 2.36. The Morgan fingerprint density at radius 3 is 2.81 bits per heavy atom. The number of pyridine rings is 1. The van der Waals surface area contributed by atoms with Gasteiger partial charge < -0.3 is 10.7 Å². The summed E-state index contributed by atoms with van der Waals surface area (Å²) in [6.07, 6.45) is 5.52. The highest BCUT2D eigenvalue weighted by Gasteiger charge is 2.32. The molecule has 1 aliphatic carbocycles. The van der Waals surface area contributed by atoms with Gasteiger partial charge in [-0.25, -0.2) is 9.37 Å². The Labute approximate surface area is 92.9 Å². The van der Waals surface area contributed by atoms with Crippen LogP contribution in [0.1, 0.15) is 31.4 Å². The van der Waals surface area contributed by atoms with Gasteiger partial charge in [0, 0.05) is 11.1 Å². The van der Waals surface area contributed by atoms with Crippen LogP contribution in [0.3, 0.4) is 0 Å².